The van der Waals surface area contributed by atoms with Gasteiger partial charge in [-0.3, -0.25) is 14.9 Å². The molecule has 0 fully saturated rings. The highest BCUT2D eigenvalue weighted by Crippen LogP contribution is 2.24. The maximum Gasteiger partial charge on any atom is 0.336 e. The molecule has 0 saturated heterocycles. The summed E-state index contributed by atoms with van der Waals surface area (Å²) in [6, 6.07) is 10.3. The molecule has 2 rings (SSSR count). The van der Waals surface area contributed by atoms with Crippen LogP contribution in [0, 0.1) is 17.0 Å². The molecular weight excluding hydrogens is 288 g/mol. The molecule has 0 aliphatic carbocycles. The van der Waals surface area contributed by atoms with Crippen LogP contribution in [-0.2, 0) is 0 Å². The maximum absolute atomic E-state index is 12.3. The van der Waals surface area contributed by atoms with E-state index < -0.39 is 33.6 Å². The van der Waals surface area contributed by atoms with Crippen molar-refractivity contribution in [3.05, 3.63) is 69.3 Å². The second-order valence-corrected chi connectivity index (χ2v) is 4.53. The number of nitrogens with zero attached hydrogens (tertiary/aromatic N) is 1. The standard InChI is InChI=1S/C15H12N2O5/c1-9-5-2-3-7-11(9)16-14(18)13-10(15(19)20)6-4-8-12(13)17(21)22/h2-8H,1H3,(H,16,18)(H,19,20). The number of carbonyl (C=O) groups excluding carboxylic acids is 1. The molecule has 22 heavy (non-hydrogen) atoms. The fourth-order valence-corrected chi connectivity index (χ4v) is 2.01. The highest BCUT2D eigenvalue weighted by molar-refractivity contribution is 6.13. The summed E-state index contributed by atoms with van der Waals surface area (Å²) < 4.78 is 0. The number of nitrogens with one attached hydrogen (secondary N) is 1. The lowest BCUT2D eigenvalue weighted by atomic mass is 10.0. The molecule has 0 unspecified atom stereocenters. The largest absolute Gasteiger partial charge is 0.478 e. The number of aromatic carboxylic acids is 1. The second-order valence-electron chi connectivity index (χ2n) is 4.53. The smallest absolute Gasteiger partial charge is 0.336 e. The van der Waals surface area contributed by atoms with Crippen molar-refractivity contribution in [3.8, 4) is 0 Å². The summed E-state index contributed by atoms with van der Waals surface area (Å²) in [4.78, 5) is 33.8. The van der Waals surface area contributed by atoms with Gasteiger partial charge in [-0.15, -0.1) is 0 Å². The van der Waals surface area contributed by atoms with Crippen LogP contribution in [0.1, 0.15) is 26.3 Å². The zero-order valence-electron chi connectivity index (χ0n) is 11.6. The Labute approximate surface area is 125 Å². The quantitative estimate of drug-likeness (QED) is 0.666. The Kier molecular flexibility index (Phi) is 4.17. The highest BCUT2D eigenvalue weighted by atomic mass is 16.6. The molecule has 0 heterocycles. The third-order valence-corrected chi connectivity index (χ3v) is 3.09. The average Bonchev–Trinajstić information content (AvgIpc) is 2.48. The lowest BCUT2D eigenvalue weighted by Gasteiger charge is -2.10. The van der Waals surface area contributed by atoms with Gasteiger partial charge in [-0.1, -0.05) is 24.3 Å². The number of nitro benzene ring substituents is 1. The summed E-state index contributed by atoms with van der Waals surface area (Å²) in [5.74, 6) is -2.24. The van der Waals surface area contributed by atoms with Crippen LogP contribution in [0.4, 0.5) is 11.4 Å². The highest BCUT2D eigenvalue weighted by Gasteiger charge is 2.27. The van der Waals surface area contributed by atoms with Crippen molar-refractivity contribution in [1.29, 1.82) is 0 Å². The Balaban J connectivity index is 2.51. The normalized spacial score (nSPS) is 10.0. The molecule has 7 nitrogen and oxygen atoms in total. The maximum atomic E-state index is 12.3. The number of hydrogen-bond acceptors (Lipinski definition) is 4. The van der Waals surface area contributed by atoms with E-state index in [4.69, 9.17) is 5.11 Å². The molecule has 0 aliphatic heterocycles. The summed E-state index contributed by atoms with van der Waals surface area (Å²) in [6.07, 6.45) is 0. The van der Waals surface area contributed by atoms with E-state index in [1.165, 1.54) is 6.07 Å². The fourth-order valence-electron chi connectivity index (χ4n) is 2.01. The lowest BCUT2D eigenvalue weighted by Crippen LogP contribution is -2.18. The number of rotatable bonds is 4. The third kappa shape index (κ3) is 2.93. The number of anilines is 1. The number of carboxylic acid groups (broad SMARTS) is 1. The summed E-state index contributed by atoms with van der Waals surface area (Å²) in [6.45, 7) is 1.76. The molecule has 2 aromatic carbocycles. The second kappa shape index (κ2) is 6.04. The first kappa shape index (κ1) is 15.2. The van der Waals surface area contributed by atoms with Gasteiger partial charge < -0.3 is 10.4 Å². The Hall–Kier alpha value is -3.22. The molecule has 0 radical (unpaired) electrons. The monoisotopic (exact) mass is 300 g/mol. The topological polar surface area (TPSA) is 110 Å². The van der Waals surface area contributed by atoms with E-state index >= 15 is 0 Å². The molecule has 0 saturated carbocycles. The van der Waals surface area contributed by atoms with Gasteiger partial charge >= 0.3 is 5.97 Å². The van der Waals surface area contributed by atoms with Crippen LogP contribution in [-0.4, -0.2) is 21.9 Å². The van der Waals surface area contributed by atoms with Gasteiger partial charge in [-0.05, 0) is 24.6 Å². The molecule has 0 bridgehead atoms. The Morgan fingerprint density at radius 1 is 1.14 bits per heavy atom. The number of aryl methyl sites for hydroxylation is 1. The summed E-state index contributed by atoms with van der Waals surface area (Å²) in [5, 5.41) is 22.7. The fraction of sp³-hybridized carbons (Fsp3) is 0.0667. The molecule has 2 aromatic rings. The van der Waals surface area contributed by atoms with Crippen LogP contribution in [0.2, 0.25) is 0 Å². The van der Waals surface area contributed by atoms with Crippen LogP contribution in [0.25, 0.3) is 0 Å². The molecule has 0 atom stereocenters. The van der Waals surface area contributed by atoms with Gasteiger partial charge in [-0.2, -0.15) is 0 Å². The summed E-state index contributed by atoms with van der Waals surface area (Å²) in [7, 11) is 0. The Morgan fingerprint density at radius 2 is 1.82 bits per heavy atom. The van der Waals surface area contributed by atoms with Crippen molar-refractivity contribution in [2.24, 2.45) is 0 Å². The van der Waals surface area contributed by atoms with Gasteiger partial charge in [0.15, 0.2) is 0 Å². The third-order valence-electron chi connectivity index (χ3n) is 3.09. The number of hydrogen-bond donors (Lipinski definition) is 2. The van der Waals surface area contributed by atoms with E-state index in [0.717, 1.165) is 17.7 Å². The Bertz CT molecular complexity index is 738. The van der Waals surface area contributed by atoms with Crippen LogP contribution in [0.3, 0.4) is 0 Å². The molecule has 2 N–H and O–H groups in total. The van der Waals surface area contributed by atoms with E-state index in [2.05, 4.69) is 5.32 Å². The van der Waals surface area contributed by atoms with Crippen molar-refractivity contribution in [3.63, 3.8) is 0 Å². The molecule has 0 spiro atoms. The van der Waals surface area contributed by atoms with Gasteiger partial charge in [0, 0.05) is 11.8 Å². The first-order valence-electron chi connectivity index (χ1n) is 6.29. The zero-order valence-corrected chi connectivity index (χ0v) is 11.6. The Morgan fingerprint density at radius 3 is 2.41 bits per heavy atom. The van der Waals surface area contributed by atoms with Crippen molar-refractivity contribution in [2.45, 2.75) is 6.92 Å². The van der Waals surface area contributed by atoms with E-state index in [1.54, 1.807) is 31.2 Å². The number of nitro groups is 1. The number of benzene rings is 2. The average molecular weight is 300 g/mol. The molecule has 0 aromatic heterocycles. The minimum atomic E-state index is -1.40. The van der Waals surface area contributed by atoms with E-state index in [0.29, 0.717) is 5.69 Å². The van der Waals surface area contributed by atoms with Gasteiger partial charge in [0.1, 0.15) is 5.56 Å². The van der Waals surface area contributed by atoms with Crippen molar-refractivity contribution in [2.75, 3.05) is 5.32 Å². The van der Waals surface area contributed by atoms with Crippen molar-refractivity contribution >= 4 is 23.3 Å². The molecular formula is C15H12N2O5. The van der Waals surface area contributed by atoms with Crippen LogP contribution >= 0.6 is 0 Å². The van der Waals surface area contributed by atoms with Crippen LogP contribution in [0.15, 0.2) is 42.5 Å². The van der Waals surface area contributed by atoms with Crippen molar-refractivity contribution in [1.82, 2.24) is 0 Å². The molecule has 1 amide bonds. The number of carboxylic acids is 1. The first-order valence-corrected chi connectivity index (χ1v) is 6.29. The SMILES string of the molecule is Cc1ccccc1NC(=O)c1c(C(=O)O)cccc1[N+](=O)[O-]. The first-order chi connectivity index (χ1) is 10.4. The minimum Gasteiger partial charge on any atom is -0.478 e. The van der Waals surface area contributed by atoms with E-state index in [-0.39, 0.29) is 0 Å². The minimum absolute atomic E-state index is 0.416. The van der Waals surface area contributed by atoms with Crippen LogP contribution in [0.5, 0.6) is 0 Å². The van der Waals surface area contributed by atoms with E-state index in [1.807, 2.05) is 0 Å². The lowest BCUT2D eigenvalue weighted by molar-refractivity contribution is -0.385. The molecule has 112 valence electrons. The van der Waals surface area contributed by atoms with Gasteiger partial charge in [0.25, 0.3) is 11.6 Å². The van der Waals surface area contributed by atoms with Crippen LogP contribution < -0.4 is 5.32 Å². The number of amides is 1. The molecule has 7 heteroatoms. The van der Waals surface area contributed by atoms with Gasteiger partial charge in [-0.25, -0.2) is 4.79 Å². The predicted molar refractivity (Wildman–Crippen MR) is 79.2 cm³/mol. The number of carbonyl (C=O) groups is 2. The molecule has 0 aliphatic rings. The summed E-state index contributed by atoms with van der Waals surface area (Å²) >= 11 is 0. The van der Waals surface area contributed by atoms with Crippen molar-refractivity contribution < 1.29 is 19.6 Å². The van der Waals surface area contributed by atoms with Gasteiger partial charge in [0.2, 0.25) is 0 Å². The predicted octanol–water partition coefficient (Wildman–Crippen LogP) is 2.85. The zero-order chi connectivity index (χ0) is 16.3. The summed E-state index contributed by atoms with van der Waals surface area (Å²) in [5.41, 5.74) is -0.220. The number of para-hydroxylation sites is 1. The van der Waals surface area contributed by atoms with E-state index in [9.17, 15) is 19.7 Å². The van der Waals surface area contributed by atoms with Gasteiger partial charge in [0.05, 0.1) is 10.5 Å².